The number of rotatable bonds is 4. The lowest BCUT2D eigenvalue weighted by molar-refractivity contribution is 0.0806. The Morgan fingerprint density at radius 2 is 1.89 bits per heavy atom. The average Bonchev–Trinajstić information content (AvgIpc) is 2.41. The second-order valence-electron chi connectivity index (χ2n) is 5.90. The minimum absolute atomic E-state index is 0.904. The van der Waals surface area contributed by atoms with Crippen LogP contribution in [0.1, 0.15) is 38.2 Å². The molecule has 1 aromatic heterocycles. The Bertz CT molecular complexity index is 394. The summed E-state index contributed by atoms with van der Waals surface area (Å²) in [6.45, 7) is 5.72. The molecule has 1 saturated heterocycles. The number of hydrogen-bond acceptors (Lipinski definition) is 4. The molecule has 2 fully saturated rings. The average molecular weight is 277 g/mol. The molecule has 104 valence electrons. The smallest absolute Gasteiger partial charge is 0.187 e. The quantitative estimate of drug-likeness (QED) is 0.624. The third kappa shape index (κ3) is 3.48. The molecule has 1 aromatic rings. The van der Waals surface area contributed by atoms with E-state index in [1.54, 1.807) is 11.8 Å². The topological polar surface area (TPSA) is 29.0 Å². The largest absolute Gasteiger partial charge is 0.298 e. The summed E-state index contributed by atoms with van der Waals surface area (Å²) in [7, 11) is 0. The summed E-state index contributed by atoms with van der Waals surface area (Å²) < 4.78 is 0. The van der Waals surface area contributed by atoms with Gasteiger partial charge in [-0.1, -0.05) is 25.1 Å². The fourth-order valence-corrected chi connectivity index (χ4v) is 4.07. The van der Waals surface area contributed by atoms with Crippen molar-refractivity contribution in [2.45, 2.75) is 44.3 Å². The van der Waals surface area contributed by atoms with Crippen molar-refractivity contribution >= 4 is 11.8 Å². The van der Waals surface area contributed by atoms with Crippen molar-refractivity contribution in [1.82, 2.24) is 14.9 Å². The maximum Gasteiger partial charge on any atom is 0.187 e. The maximum atomic E-state index is 4.43. The lowest BCUT2D eigenvalue weighted by atomic mass is 9.78. The number of piperidine rings is 1. The molecule has 3 nitrogen and oxygen atoms in total. The summed E-state index contributed by atoms with van der Waals surface area (Å²) in [5.74, 6) is 2.93. The van der Waals surface area contributed by atoms with E-state index in [0.717, 1.165) is 29.3 Å². The first-order chi connectivity index (χ1) is 9.33. The van der Waals surface area contributed by atoms with Crippen LogP contribution in [0.15, 0.2) is 17.6 Å². The van der Waals surface area contributed by atoms with Gasteiger partial charge in [-0.15, -0.1) is 0 Å². The van der Waals surface area contributed by atoms with Gasteiger partial charge in [0.15, 0.2) is 5.16 Å². The van der Waals surface area contributed by atoms with Crippen molar-refractivity contribution in [3.63, 3.8) is 0 Å². The molecule has 3 rings (SSSR count). The molecule has 1 aliphatic heterocycles. The molecule has 0 N–H and O–H groups in total. The zero-order valence-corrected chi connectivity index (χ0v) is 12.5. The zero-order valence-electron chi connectivity index (χ0n) is 11.7. The van der Waals surface area contributed by atoms with Crippen LogP contribution < -0.4 is 0 Å². The molecule has 0 amide bonds. The summed E-state index contributed by atoms with van der Waals surface area (Å²) in [6, 6.07) is 0. The molecule has 0 radical (unpaired) electrons. The van der Waals surface area contributed by atoms with Gasteiger partial charge in [0, 0.05) is 37.6 Å². The predicted molar refractivity (Wildman–Crippen MR) is 79.2 cm³/mol. The van der Waals surface area contributed by atoms with Gasteiger partial charge in [-0.3, -0.25) is 4.90 Å². The number of fused-ring (bicyclic) bond motifs is 2. The number of nitrogens with zero attached hydrogens (tertiary/aromatic N) is 3. The highest BCUT2D eigenvalue weighted by atomic mass is 32.2. The molecule has 0 aromatic carbocycles. The van der Waals surface area contributed by atoms with Gasteiger partial charge in [-0.25, -0.2) is 9.97 Å². The van der Waals surface area contributed by atoms with Crippen LogP contribution >= 0.6 is 11.8 Å². The summed E-state index contributed by atoms with van der Waals surface area (Å²) in [4.78, 5) is 11.5. The van der Waals surface area contributed by atoms with E-state index in [1.165, 1.54) is 44.3 Å². The highest BCUT2D eigenvalue weighted by Crippen LogP contribution is 2.34. The van der Waals surface area contributed by atoms with Crippen molar-refractivity contribution in [2.24, 2.45) is 11.8 Å². The lowest BCUT2D eigenvalue weighted by Crippen LogP contribution is -2.42. The van der Waals surface area contributed by atoms with Crippen molar-refractivity contribution in [2.75, 3.05) is 18.8 Å². The first kappa shape index (κ1) is 13.4. The van der Waals surface area contributed by atoms with Crippen LogP contribution in [0.2, 0.25) is 0 Å². The van der Waals surface area contributed by atoms with Gasteiger partial charge in [0.25, 0.3) is 0 Å². The van der Waals surface area contributed by atoms with Gasteiger partial charge >= 0.3 is 0 Å². The molecule has 2 heterocycles. The summed E-state index contributed by atoms with van der Waals surface area (Å²) in [5, 5.41) is 0.904. The fourth-order valence-electron chi connectivity index (χ4n) is 3.55. The molecule has 19 heavy (non-hydrogen) atoms. The van der Waals surface area contributed by atoms with E-state index in [0.29, 0.717) is 0 Å². The summed E-state index contributed by atoms with van der Waals surface area (Å²) in [5.41, 5.74) is 1.26. The number of thioether (sulfide) groups is 1. The zero-order chi connectivity index (χ0) is 13.1. The molecule has 2 atom stereocenters. The van der Waals surface area contributed by atoms with Gasteiger partial charge in [-0.05, 0) is 36.9 Å². The Hall–Kier alpha value is -0.610. The van der Waals surface area contributed by atoms with Crippen LogP contribution in [0.3, 0.4) is 0 Å². The maximum absolute atomic E-state index is 4.43. The van der Waals surface area contributed by atoms with E-state index in [9.17, 15) is 0 Å². The van der Waals surface area contributed by atoms with Crippen LogP contribution in [0.4, 0.5) is 0 Å². The Morgan fingerprint density at radius 1 is 1.21 bits per heavy atom. The SMILES string of the molecule is CCSc1ncc(CN2C[C@H]3CCC[C@@H](C3)C2)cn1. The highest BCUT2D eigenvalue weighted by molar-refractivity contribution is 7.99. The van der Waals surface area contributed by atoms with E-state index in [-0.39, 0.29) is 0 Å². The van der Waals surface area contributed by atoms with Gasteiger partial charge < -0.3 is 0 Å². The second-order valence-corrected chi connectivity index (χ2v) is 7.13. The van der Waals surface area contributed by atoms with Crippen molar-refractivity contribution in [1.29, 1.82) is 0 Å². The van der Waals surface area contributed by atoms with Crippen molar-refractivity contribution in [3.05, 3.63) is 18.0 Å². The summed E-state index contributed by atoms with van der Waals surface area (Å²) in [6.07, 6.45) is 9.82. The molecule has 1 saturated carbocycles. The minimum atomic E-state index is 0.904. The van der Waals surface area contributed by atoms with Gasteiger partial charge in [0.2, 0.25) is 0 Å². The Kier molecular flexibility index (Phi) is 4.38. The van der Waals surface area contributed by atoms with E-state index < -0.39 is 0 Å². The monoisotopic (exact) mass is 277 g/mol. The van der Waals surface area contributed by atoms with Crippen LogP contribution in [0, 0.1) is 11.8 Å². The van der Waals surface area contributed by atoms with Crippen LogP contribution in [-0.4, -0.2) is 33.7 Å². The second kappa shape index (κ2) is 6.23. The Balaban J connectivity index is 1.58. The van der Waals surface area contributed by atoms with E-state index in [2.05, 4.69) is 21.8 Å². The highest BCUT2D eigenvalue weighted by Gasteiger charge is 2.30. The first-order valence-corrected chi connectivity index (χ1v) is 8.48. The summed E-state index contributed by atoms with van der Waals surface area (Å²) >= 11 is 1.71. The Labute approximate surface area is 120 Å². The number of likely N-dealkylation sites (tertiary alicyclic amines) is 1. The van der Waals surface area contributed by atoms with Crippen molar-refractivity contribution in [3.8, 4) is 0 Å². The van der Waals surface area contributed by atoms with E-state index >= 15 is 0 Å². The predicted octanol–water partition coefficient (Wildman–Crippen LogP) is 3.21. The van der Waals surface area contributed by atoms with E-state index in [4.69, 9.17) is 0 Å². The fraction of sp³-hybridized carbons (Fsp3) is 0.733. The molecular formula is C15H23N3S. The van der Waals surface area contributed by atoms with Gasteiger partial charge in [0.05, 0.1) is 0 Å². The van der Waals surface area contributed by atoms with Crippen LogP contribution in [-0.2, 0) is 6.54 Å². The lowest BCUT2D eigenvalue weighted by Gasteiger charge is -2.41. The normalized spacial score (nSPS) is 27.4. The molecule has 0 spiro atoms. The van der Waals surface area contributed by atoms with Gasteiger partial charge in [0.1, 0.15) is 0 Å². The van der Waals surface area contributed by atoms with Gasteiger partial charge in [-0.2, -0.15) is 0 Å². The third-order valence-corrected chi connectivity index (χ3v) is 5.04. The molecule has 1 aliphatic carbocycles. The van der Waals surface area contributed by atoms with E-state index in [1.807, 2.05) is 12.4 Å². The van der Waals surface area contributed by atoms with Crippen LogP contribution in [0.5, 0.6) is 0 Å². The molecular weight excluding hydrogens is 254 g/mol. The molecule has 4 heteroatoms. The third-order valence-electron chi connectivity index (χ3n) is 4.29. The molecule has 2 bridgehead atoms. The first-order valence-electron chi connectivity index (χ1n) is 7.49. The number of aromatic nitrogens is 2. The molecule has 2 aliphatic rings. The molecule has 0 unspecified atom stereocenters. The Morgan fingerprint density at radius 3 is 2.53 bits per heavy atom. The van der Waals surface area contributed by atoms with Crippen LogP contribution in [0.25, 0.3) is 0 Å². The standard InChI is InChI=1S/C15H23N3S/c1-2-19-15-16-7-14(8-17-15)11-18-9-12-4-3-5-13(6-12)10-18/h7-8,12-13H,2-6,9-11H2,1H3/t12-,13-/m0/s1. The number of hydrogen-bond donors (Lipinski definition) is 0. The van der Waals surface area contributed by atoms with Crippen molar-refractivity contribution < 1.29 is 0 Å². The minimum Gasteiger partial charge on any atom is -0.298 e.